The number of aromatic nitrogens is 3. The van der Waals surface area contributed by atoms with Gasteiger partial charge in [-0.25, -0.2) is 9.67 Å². The molecule has 0 N–H and O–H groups in total. The smallest absolute Gasteiger partial charge is 0.220 e. The molecule has 0 fully saturated rings. The highest BCUT2D eigenvalue weighted by atomic mass is 32.2. The minimum Gasteiger partial charge on any atom is -0.220 e. The van der Waals surface area contributed by atoms with Crippen molar-refractivity contribution in [1.29, 1.82) is 5.26 Å². The zero-order valence-electron chi connectivity index (χ0n) is 11.3. The van der Waals surface area contributed by atoms with Gasteiger partial charge in [-0.15, -0.1) is 16.9 Å². The van der Waals surface area contributed by atoms with E-state index in [9.17, 15) is 13.2 Å². The van der Waals surface area contributed by atoms with Crippen LogP contribution in [0.2, 0.25) is 0 Å². The molecule has 0 amide bonds. The minimum atomic E-state index is -4.57. The highest BCUT2D eigenvalue weighted by molar-refractivity contribution is 7.99. The quantitative estimate of drug-likeness (QED) is 0.814. The van der Waals surface area contributed by atoms with Crippen LogP contribution in [0.5, 0.6) is 0 Å². The van der Waals surface area contributed by atoms with E-state index >= 15 is 0 Å². The molecule has 0 radical (unpaired) electrons. The second-order valence-electron chi connectivity index (χ2n) is 4.36. The van der Waals surface area contributed by atoms with Crippen molar-refractivity contribution in [2.75, 3.05) is 5.75 Å². The van der Waals surface area contributed by atoms with E-state index in [2.05, 4.69) is 10.1 Å². The van der Waals surface area contributed by atoms with Gasteiger partial charge in [0.2, 0.25) is 0 Å². The van der Waals surface area contributed by atoms with Crippen molar-refractivity contribution in [2.45, 2.75) is 24.9 Å². The zero-order valence-corrected chi connectivity index (χ0v) is 12.1. The van der Waals surface area contributed by atoms with Gasteiger partial charge < -0.3 is 0 Å². The SMILES string of the molecule is Cc1cc(C)c(-n2cnc(C(F)(F)F)n2)cc1SCC#N. The normalized spacial score (nSPS) is 11.4. The summed E-state index contributed by atoms with van der Waals surface area (Å²) < 4.78 is 38.8. The Kier molecular flexibility index (Phi) is 4.23. The van der Waals surface area contributed by atoms with Crippen LogP contribution in [0.25, 0.3) is 5.69 Å². The molecule has 0 unspecified atom stereocenters. The summed E-state index contributed by atoms with van der Waals surface area (Å²) in [7, 11) is 0. The molecule has 0 bridgehead atoms. The first-order chi connectivity index (χ1) is 9.82. The Hall–Kier alpha value is -2.01. The molecule has 0 saturated heterocycles. The highest BCUT2D eigenvalue weighted by Crippen LogP contribution is 2.29. The van der Waals surface area contributed by atoms with Crippen LogP contribution in [0.1, 0.15) is 17.0 Å². The average molecular weight is 312 g/mol. The topological polar surface area (TPSA) is 54.5 Å². The van der Waals surface area contributed by atoms with E-state index in [1.807, 2.05) is 19.1 Å². The first-order valence-electron chi connectivity index (χ1n) is 5.93. The molecule has 0 spiro atoms. The maximum Gasteiger partial charge on any atom is 0.453 e. The Bertz CT molecular complexity index is 700. The van der Waals surface area contributed by atoms with E-state index in [1.165, 1.54) is 11.8 Å². The number of halogens is 3. The van der Waals surface area contributed by atoms with Crippen molar-refractivity contribution in [3.63, 3.8) is 0 Å². The first-order valence-corrected chi connectivity index (χ1v) is 6.91. The number of thioether (sulfide) groups is 1. The van der Waals surface area contributed by atoms with Crippen LogP contribution >= 0.6 is 11.8 Å². The van der Waals surface area contributed by atoms with E-state index in [0.717, 1.165) is 27.0 Å². The fourth-order valence-electron chi connectivity index (χ4n) is 1.84. The Labute approximate surface area is 123 Å². The van der Waals surface area contributed by atoms with Crippen molar-refractivity contribution >= 4 is 11.8 Å². The third-order valence-corrected chi connectivity index (χ3v) is 3.80. The molecular weight excluding hydrogens is 301 g/mol. The second kappa shape index (κ2) is 5.77. The largest absolute Gasteiger partial charge is 0.453 e. The molecule has 0 aliphatic carbocycles. The van der Waals surface area contributed by atoms with Crippen LogP contribution in [0, 0.1) is 25.2 Å². The summed E-state index contributed by atoms with van der Waals surface area (Å²) in [5.41, 5.74) is 2.27. The van der Waals surface area contributed by atoms with E-state index < -0.39 is 12.0 Å². The third-order valence-electron chi connectivity index (χ3n) is 2.78. The zero-order chi connectivity index (χ0) is 15.6. The Balaban J connectivity index is 2.44. The number of nitrogens with zero attached hydrogens (tertiary/aromatic N) is 4. The lowest BCUT2D eigenvalue weighted by molar-refractivity contribution is -0.144. The van der Waals surface area contributed by atoms with Crippen LogP contribution in [0.3, 0.4) is 0 Å². The lowest BCUT2D eigenvalue weighted by Gasteiger charge is -2.10. The summed E-state index contributed by atoms with van der Waals surface area (Å²) in [6.07, 6.45) is -3.53. The Morgan fingerprint density at radius 3 is 2.57 bits per heavy atom. The molecule has 110 valence electrons. The number of hydrogen-bond donors (Lipinski definition) is 0. The molecule has 8 heteroatoms. The third kappa shape index (κ3) is 3.36. The number of hydrogen-bond acceptors (Lipinski definition) is 4. The molecule has 2 rings (SSSR count). The molecule has 2 aromatic rings. The standard InChI is InChI=1S/C13H11F3N4S/c1-8-5-9(2)11(21-4-3-17)6-10(8)20-7-18-12(19-20)13(14,15)16/h5-7H,4H2,1-2H3. The van der Waals surface area contributed by atoms with E-state index in [0.29, 0.717) is 5.69 Å². The molecule has 1 aromatic heterocycles. The summed E-state index contributed by atoms with van der Waals surface area (Å²) >= 11 is 1.33. The predicted molar refractivity (Wildman–Crippen MR) is 72.2 cm³/mol. The molecule has 1 heterocycles. The van der Waals surface area contributed by atoms with Gasteiger partial charge in [-0.3, -0.25) is 0 Å². The van der Waals surface area contributed by atoms with Gasteiger partial charge in [0.1, 0.15) is 6.33 Å². The van der Waals surface area contributed by atoms with Gasteiger partial charge in [-0.1, -0.05) is 6.07 Å². The van der Waals surface area contributed by atoms with Gasteiger partial charge in [0, 0.05) is 4.90 Å². The van der Waals surface area contributed by atoms with Gasteiger partial charge in [0.05, 0.1) is 17.5 Å². The highest BCUT2D eigenvalue weighted by Gasteiger charge is 2.36. The molecule has 0 atom stereocenters. The van der Waals surface area contributed by atoms with Crippen LogP contribution in [-0.4, -0.2) is 20.5 Å². The monoisotopic (exact) mass is 312 g/mol. The van der Waals surface area contributed by atoms with Crippen molar-refractivity contribution < 1.29 is 13.2 Å². The van der Waals surface area contributed by atoms with Crippen molar-refractivity contribution in [3.8, 4) is 11.8 Å². The fourth-order valence-corrected chi connectivity index (χ4v) is 2.54. The predicted octanol–water partition coefficient (Wildman–Crippen LogP) is 3.52. The van der Waals surface area contributed by atoms with E-state index in [4.69, 9.17) is 5.26 Å². The lowest BCUT2D eigenvalue weighted by atomic mass is 10.1. The fraction of sp³-hybridized carbons (Fsp3) is 0.308. The van der Waals surface area contributed by atoms with Gasteiger partial charge in [0.25, 0.3) is 5.82 Å². The van der Waals surface area contributed by atoms with Gasteiger partial charge in [0.15, 0.2) is 0 Å². The molecule has 4 nitrogen and oxygen atoms in total. The van der Waals surface area contributed by atoms with Gasteiger partial charge in [-0.05, 0) is 31.0 Å². The second-order valence-corrected chi connectivity index (χ2v) is 5.38. The molecular formula is C13H11F3N4S. The maximum absolute atomic E-state index is 12.5. The summed E-state index contributed by atoms with van der Waals surface area (Å²) in [6, 6.07) is 5.60. The first kappa shape index (κ1) is 15.4. The van der Waals surface area contributed by atoms with Crippen molar-refractivity contribution in [2.24, 2.45) is 0 Å². The number of aryl methyl sites for hydroxylation is 2. The summed E-state index contributed by atoms with van der Waals surface area (Å²) in [5, 5.41) is 12.1. The summed E-state index contributed by atoms with van der Waals surface area (Å²) in [5.74, 6) is -0.900. The minimum absolute atomic E-state index is 0.272. The number of rotatable bonds is 3. The van der Waals surface area contributed by atoms with Gasteiger partial charge >= 0.3 is 6.18 Å². The van der Waals surface area contributed by atoms with Crippen LogP contribution in [-0.2, 0) is 6.18 Å². The number of nitriles is 1. The average Bonchev–Trinajstić information content (AvgIpc) is 2.87. The molecule has 1 aromatic carbocycles. The number of alkyl halides is 3. The van der Waals surface area contributed by atoms with Crippen LogP contribution in [0.15, 0.2) is 23.4 Å². The molecule has 21 heavy (non-hydrogen) atoms. The molecule has 0 aliphatic heterocycles. The summed E-state index contributed by atoms with van der Waals surface area (Å²) in [4.78, 5) is 4.12. The van der Waals surface area contributed by atoms with E-state index in [1.54, 1.807) is 13.0 Å². The Morgan fingerprint density at radius 1 is 1.29 bits per heavy atom. The van der Waals surface area contributed by atoms with Crippen LogP contribution < -0.4 is 0 Å². The maximum atomic E-state index is 12.5. The van der Waals surface area contributed by atoms with Gasteiger partial charge in [-0.2, -0.15) is 18.4 Å². The van der Waals surface area contributed by atoms with Crippen LogP contribution in [0.4, 0.5) is 13.2 Å². The number of benzene rings is 1. The summed E-state index contributed by atoms with van der Waals surface area (Å²) in [6.45, 7) is 3.68. The Morgan fingerprint density at radius 2 is 2.00 bits per heavy atom. The lowest BCUT2D eigenvalue weighted by Crippen LogP contribution is -2.09. The van der Waals surface area contributed by atoms with E-state index in [-0.39, 0.29) is 5.75 Å². The van der Waals surface area contributed by atoms with Crippen molar-refractivity contribution in [1.82, 2.24) is 14.8 Å². The molecule has 0 saturated carbocycles. The molecule has 0 aliphatic rings. The van der Waals surface area contributed by atoms with Crippen molar-refractivity contribution in [3.05, 3.63) is 35.4 Å².